The third kappa shape index (κ3) is 32.9. The molecule has 0 spiro atoms. The van der Waals surface area contributed by atoms with Gasteiger partial charge in [-0.15, -0.1) is 0 Å². The van der Waals surface area contributed by atoms with Crippen molar-refractivity contribution in [3.05, 3.63) is 72.0 Å². The lowest BCUT2D eigenvalue weighted by molar-refractivity contribution is -0.117. The van der Waals surface area contributed by atoms with Crippen LogP contribution in [0.15, 0.2) is 65.8 Å². The highest BCUT2D eigenvalue weighted by Crippen LogP contribution is 2.08. The van der Waals surface area contributed by atoms with Crippen molar-refractivity contribution in [2.45, 2.75) is 122 Å². The second-order valence-electron chi connectivity index (χ2n) is 11.0. The summed E-state index contributed by atoms with van der Waals surface area (Å²) >= 11 is 0. The first kappa shape index (κ1) is 44.0. The van der Waals surface area contributed by atoms with Crippen LogP contribution in [0.1, 0.15) is 125 Å². The number of carbonyl (C=O) groups excluding carboxylic acids is 3. The first-order chi connectivity index (χ1) is 18.4. The minimum Gasteiger partial charge on any atom is -0.350 e. The molecule has 40 heavy (non-hydrogen) atoms. The van der Waals surface area contributed by atoms with E-state index in [0.717, 1.165) is 36.1 Å². The summed E-state index contributed by atoms with van der Waals surface area (Å²) in [5.74, 6) is 0.0674. The molecular formula is C35H60N2O3. The molecule has 0 radical (unpaired) electrons. The van der Waals surface area contributed by atoms with E-state index in [1.807, 2.05) is 58.9 Å². The van der Waals surface area contributed by atoms with Crippen LogP contribution in [0.5, 0.6) is 0 Å². The van der Waals surface area contributed by atoms with Gasteiger partial charge in [-0.1, -0.05) is 105 Å². The summed E-state index contributed by atoms with van der Waals surface area (Å²) in [7, 11) is 0. The third-order valence-electron chi connectivity index (χ3n) is 4.41. The summed E-state index contributed by atoms with van der Waals surface area (Å²) in [6.45, 7) is 34.7. The van der Waals surface area contributed by atoms with Crippen molar-refractivity contribution in [1.82, 2.24) is 5.32 Å². The monoisotopic (exact) mass is 556 g/mol. The minimum atomic E-state index is -0.0645. The maximum absolute atomic E-state index is 11.0. The van der Waals surface area contributed by atoms with Gasteiger partial charge < -0.3 is 5.32 Å². The fraction of sp³-hybridized carbons (Fsp3) is 0.543. The van der Waals surface area contributed by atoms with Crippen LogP contribution in [0.25, 0.3) is 0 Å². The van der Waals surface area contributed by atoms with E-state index >= 15 is 0 Å². The van der Waals surface area contributed by atoms with Crippen LogP contribution in [-0.2, 0) is 9.59 Å². The number of carbonyl (C=O) groups is 3. The summed E-state index contributed by atoms with van der Waals surface area (Å²) < 4.78 is 0. The number of Topliss-reactive ketones (excluding diaryl/α,β-unsaturated/α-hetero) is 2. The molecule has 5 nitrogen and oxygen atoms in total. The highest BCUT2D eigenvalue weighted by atomic mass is 16.1. The normalized spacial score (nSPS) is 10.6. The van der Waals surface area contributed by atoms with Crippen molar-refractivity contribution in [2.24, 2.45) is 10.4 Å². The average molecular weight is 557 g/mol. The van der Waals surface area contributed by atoms with Crippen LogP contribution in [-0.4, -0.2) is 29.2 Å². The van der Waals surface area contributed by atoms with Crippen LogP contribution in [0.3, 0.4) is 0 Å². The Bertz CT molecular complexity index is 904. The molecule has 1 rings (SSSR count). The van der Waals surface area contributed by atoms with E-state index in [-0.39, 0.29) is 17.5 Å². The van der Waals surface area contributed by atoms with Crippen LogP contribution in [0.2, 0.25) is 0 Å². The third-order valence-corrected chi connectivity index (χ3v) is 4.41. The number of nitrogens with zero attached hydrogens (tertiary/aromatic N) is 1. The van der Waals surface area contributed by atoms with E-state index in [4.69, 9.17) is 0 Å². The van der Waals surface area contributed by atoms with E-state index in [0.29, 0.717) is 17.0 Å². The second kappa shape index (κ2) is 26.2. The predicted molar refractivity (Wildman–Crippen MR) is 177 cm³/mol. The van der Waals surface area contributed by atoms with Crippen molar-refractivity contribution in [3.8, 4) is 0 Å². The number of aryl methyl sites for hydroxylation is 1. The SMILES string of the molecule is C=C(C)/C(=C\N=C(C)C)C(C)=O.C=CC(=O)NC(CC)CCC.CC.CC(=O)c1ccc(C)cc1.CC(C)(C)C. The Hall–Kier alpha value is -3.08. The van der Waals surface area contributed by atoms with Crippen molar-refractivity contribution in [3.63, 3.8) is 0 Å². The number of hydrogen-bond acceptors (Lipinski definition) is 4. The van der Waals surface area contributed by atoms with Crippen LogP contribution in [0, 0.1) is 12.3 Å². The van der Waals surface area contributed by atoms with Crippen LogP contribution in [0.4, 0.5) is 0 Å². The largest absolute Gasteiger partial charge is 0.350 e. The Kier molecular flexibility index (Phi) is 28.7. The number of allylic oxidation sites excluding steroid dienone is 2. The molecule has 0 bridgehead atoms. The molecule has 1 N–H and O–H groups in total. The molecule has 1 unspecified atom stereocenters. The molecule has 0 saturated carbocycles. The minimum absolute atomic E-state index is 0.00694. The summed E-state index contributed by atoms with van der Waals surface area (Å²) in [6.07, 6.45) is 6.04. The lowest BCUT2D eigenvalue weighted by Gasteiger charge is -2.13. The van der Waals surface area contributed by atoms with Gasteiger partial charge in [0, 0.05) is 29.1 Å². The highest BCUT2D eigenvalue weighted by molar-refractivity contribution is 5.97. The number of rotatable bonds is 9. The molecule has 0 aromatic heterocycles. The van der Waals surface area contributed by atoms with Gasteiger partial charge in [-0.2, -0.15) is 0 Å². The molecule has 1 atom stereocenters. The van der Waals surface area contributed by atoms with Gasteiger partial charge in [0.05, 0.1) is 0 Å². The Balaban J connectivity index is -0.000000218. The fourth-order valence-electron chi connectivity index (χ4n) is 2.47. The number of ketones is 2. The summed E-state index contributed by atoms with van der Waals surface area (Å²) in [6, 6.07) is 7.90. The molecule has 5 heteroatoms. The zero-order valence-corrected chi connectivity index (χ0v) is 28.2. The van der Waals surface area contributed by atoms with E-state index < -0.39 is 0 Å². The molecule has 0 aliphatic carbocycles. The Morgan fingerprint density at radius 2 is 1.40 bits per heavy atom. The maximum atomic E-state index is 11.0. The smallest absolute Gasteiger partial charge is 0.243 e. The maximum Gasteiger partial charge on any atom is 0.243 e. The van der Waals surface area contributed by atoms with Gasteiger partial charge in [0.25, 0.3) is 0 Å². The number of hydrogen-bond donors (Lipinski definition) is 1. The van der Waals surface area contributed by atoms with Crippen molar-refractivity contribution < 1.29 is 14.4 Å². The van der Waals surface area contributed by atoms with Gasteiger partial charge >= 0.3 is 0 Å². The molecule has 1 amide bonds. The topological polar surface area (TPSA) is 75.6 Å². The summed E-state index contributed by atoms with van der Waals surface area (Å²) in [5, 5.41) is 2.86. The zero-order valence-electron chi connectivity index (χ0n) is 28.2. The van der Waals surface area contributed by atoms with Gasteiger partial charge in [-0.25, -0.2) is 0 Å². The quantitative estimate of drug-likeness (QED) is 0.142. The highest BCUT2D eigenvalue weighted by Gasteiger charge is 2.05. The molecule has 0 aliphatic heterocycles. The lowest BCUT2D eigenvalue weighted by Crippen LogP contribution is -2.32. The predicted octanol–water partition coefficient (Wildman–Crippen LogP) is 9.66. The van der Waals surface area contributed by atoms with Crippen molar-refractivity contribution in [1.29, 1.82) is 0 Å². The van der Waals surface area contributed by atoms with Gasteiger partial charge in [-0.05, 0) is 71.4 Å². The van der Waals surface area contributed by atoms with E-state index in [9.17, 15) is 14.4 Å². The van der Waals surface area contributed by atoms with Crippen LogP contribution >= 0.6 is 0 Å². The Morgan fingerprint density at radius 1 is 0.950 bits per heavy atom. The molecule has 0 heterocycles. The van der Waals surface area contributed by atoms with Crippen LogP contribution < -0.4 is 5.32 Å². The average Bonchev–Trinajstić information content (AvgIpc) is 2.84. The van der Waals surface area contributed by atoms with E-state index in [1.165, 1.54) is 18.6 Å². The number of aliphatic imine (C=N–C) groups is 1. The molecule has 1 aromatic rings. The molecule has 1 aromatic carbocycles. The Morgan fingerprint density at radius 3 is 1.68 bits per heavy atom. The van der Waals surface area contributed by atoms with Crippen molar-refractivity contribution in [2.75, 3.05) is 0 Å². The first-order valence-corrected chi connectivity index (χ1v) is 14.3. The van der Waals surface area contributed by atoms with Gasteiger partial charge in [0.1, 0.15) is 0 Å². The zero-order chi connectivity index (χ0) is 32.5. The fourth-order valence-corrected chi connectivity index (χ4v) is 2.47. The number of benzene rings is 1. The summed E-state index contributed by atoms with van der Waals surface area (Å²) in [4.78, 5) is 36.6. The number of amides is 1. The standard InChI is InChI=1S/C10H15NO.C9H17NO.C9H10O.C5H12.C2H6/c1-7(2)10(9(5)12)6-11-8(3)4;1-4-7-8(5-2)10-9(11)6-3;1-7-3-5-9(6-4-7)8(2)10;1-5(2,3)4;1-2/h6H,1H2,2-5H3;6,8H,3-5,7H2,1-2H3,(H,10,11);3-6H,1-2H3;1-4H3;1-2H3/b10-6+;;;;. The molecule has 0 saturated heterocycles. The molecule has 228 valence electrons. The molecule has 0 aliphatic rings. The molecular weight excluding hydrogens is 496 g/mol. The van der Waals surface area contributed by atoms with Crippen molar-refractivity contribution >= 4 is 23.2 Å². The van der Waals surface area contributed by atoms with Gasteiger partial charge in [0.15, 0.2) is 11.6 Å². The van der Waals surface area contributed by atoms with E-state index in [2.05, 4.69) is 65.0 Å². The molecule has 0 fully saturated rings. The summed E-state index contributed by atoms with van der Waals surface area (Å²) in [5.41, 5.74) is 4.74. The second-order valence-corrected chi connectivity index (χ2v) is 11.0. The number of nitrogens with one attached hydrogen (secondary N) is 1. The van der Waals surface area contributed by atoms with Gasteiger partial charge in [0.2, 0.25) is 5.91 Å². The Labute approximate surface area is 247 Å². The first-order valence-electron chi connectivity index (χ1n) is 14.3. The lowest BCUT2D eigenvalue weighted by atomic mass is 10.0. The van der Waals surface area contributed by atoms with Gasteiger partial charge in [-0.3, -0.25) is 19.4 Å². The van der Waals surface area contributed by atoms with E-state index in [1.54, 1.807) is 20.0 Å².